The average Bonchev–Trinajstić information content (AvgIpc) is 3.00. The first-order valence-electron chi connectivity index (χ1n) is 6.25. The average molecular weight is 345 g/mol. The maximum atomic E-state index is 14.0. The number of hydrogen-bond donors (Lipinski definition) is 0. The van der Waals surface area contributed by atoms with Crippen molar-refractivity contribution in [1.29, 1.82) is 0 Å². The fraction of sp³-hybridized carbons (Fsp3) is 0. The fourth-order valence-electron chi connectivity index (χ4n) is 2.00. The molecule has 0 bridgehead atoms. The summed E-state index contributed by atoms with van der Waals surface area (Å²) in [5, 5.41) is 4.15. The molecule has 0 fully saturated rings. The van der Waals surface area contributed by atoms with Crippen molar-refractivity contribution in [3.05, 3.63) is 82.3 Å². The molecule has 1 heterocycles. The van der Waals surface area contributed by atoms with E-state index in [-0.39, 0.29) is 10.0 Å². The van der Waals surface area contributed by atoms with E-state index >= 15 is 0 Å². The van der Waals surface area contributed by atoms with E-state index in [1.54, 1.807) is 23.0 Å². The molecule has 3 rings (SSSR count). The summed E-state index contributed by atoms with van der Waals surface area (Å²) in [6.45, 7) is 0. The summed E-state index contributed by atoms with van der Waals surface area (Å²) in [7, 11) is 0. The lowest BCUT2D eigenvalue weighted by Crippen LogP contribution is -2.03. The number of nitrogens with zero attached hydrogens (tertiary/aromatic N) is 2. The molecule has 0 spiro atoms. The van der Waals surface area contributed by atoms with Gasteiger partial charge in [0.2, 0.25) is 0 Å². The van der Waals surface area contributed by atoms with Gasteiger partial charge in [-0.25, -0.2) is 9.07 Å². The van der Waals surface area contributed by atoms with Gasteiger partial charge in [-0.2, -0.15) is 5.10 Å². The smallest absolute Gasteiger partial charge is 0.199 e. The summed E-state index contributed by atoms with van der Waals surface area (Å²) in [6, 6.07) is 14.1. The van der Waals surface area contributed by atoms with E-state index in [9.17, 15) is 9.18 Å². The summed E-state index contributed by atoms with van der Waals surface area (Å²) in [6.07, 6.45) is 3.04. The van der Waals surface area contributed by atoms with Crippen molar-refractivity contribution in [2.75, 3.05) is 0 Å². The van der Waals surface area contributed by atoms with Gasteiger partial charge in [-0.3, -0.25) is 4.79 Å². The molecule has 0 aliphatic carbocycles. The number of benzene rings is 2. The maximum Gasteiger partial charge on any atom is 0.199 e. The monoisotopic (exact) mass is 344 g/mol. The van der Waals surface area contributed by atoms with Gasteiger partial charge in [0, 0.05) is 6.20 Å². The van der Waals surface area contributed by atoms with Crippen LogP contribution in [-0.4, -0.2) is 15.6 Å². The van der Waals surface area contributed by atoms with Crippen LogP contribution in [0.5, 0.6) is 0 Å². The number of ketones is 1. The first-order chi connectivity index (χ1) is 10.2. The van der Waals surface area contributed by atoms with Crippen LogP contribution in [0.3, 0.4) is 0 Å². The van der Waals surface area contributed by atoms with Gasteiger partial charge in [0.25, 0.3) is 0 Å². The molecule has 3 nitrogen and oxygen atoms in total. The van der Waals surface area contributed by atoms with Gasteiger partial charge in [0.15, 0.2) is 5.78 Å². The lowest BCUT2D eigenvalue weighted by Gasteiger charge is -2.02. The summed E-state index contributed by atoms with van der Waals surface area (Å²) in [4.78, 5) is 12.3. The van der Waals surface area contributed by atoms with Gasteiger partial charge < -0.3 is 0 Å². The van der Waals surface area contributed by atoms with Crippen LogP contribution in [0.4, 0.5) is 4.39 Å². The number of para-hydroxylation sites is 1. The van der Waals surface area contributed by atoms with Crippen LogP contribution in [0.25, 0.3) is 5.69 Å². The highest BCUT2D eigenvalue weighted by Crippen LogP contribution is 2.21. The van der Waals surface area contributed by atoms with E-state index in [1.807, 2.05) is 30.3 Å². The molecule has 5 heteroatoms. The minimum atomic E-state index is -0.560. The highest BCUT2D eigenvalue weighted by atomic mass is 79.9. The van der Waals surface area contributed by atoms with Crippen LogP contribution in [-0.2, 0) is 0 Å². The summed E-state index contributed by atoms with van der Waals surface area (Å²) >= 11 is 3.08. The molecule has 0 saturated heterocycles. The van der Waals surface area contributed by atoms with Crippen LogP contribution >= 0.6 is 15.9 Å². The lowest BCUT2D eigenvalue weighted by atomic mass is 10.1. The van der Waals surface area contributed by atoms with Gasteiger partial charge in [-0.1, -0.05) is 24.3 Å². The number of aromatic nitrogens is 2. The quantitative estimate of drug-likeness (QED) is 0.673. The second-order valence-electron chi connectivity index (χ2n) is 4.44. The third-order valence-electron chi connectivity index (χ3n) is 3.06. The van der Waals surface area contributed by atoms with E-state index in [0.29, 0.717) is 5.56 Å². The molecule has 3 aromatic rings. The highest BCUT2D eigenvalue weighted by Gasteiger charge is 2.17. The number of rotatable bonds is 3. The first kappa shape index (κ1) is 13.7. The third-order valence-corrected chi connectivity index (χ3v) is 3.67. The number of hydrogen-bond acceptors (Lipinski definition) is 2. The molecule has 2 aromatic carbocycles. The second kappa shape index (κ2) is 5.61. The number of halogens is 2. The van der Waals surface area contributed by atoms with Gasteiger partial charge in [0.1, 0.15) is 5.82 Å². The molecular formula is C16H10BrFN2O. The van der Waals surface area contributed by atoms with E-state index in [4.69, 9.17) is 0 Å². The molecular weight excluding hydrogens is 335 g/mol. The third kappa shape index (κ3) is 2.64. The van der Waals surface area contributed by atoms with Gasteiger partial charge >= 0.3 is 0 Å². The van der Waals surface area contributed by atoms with Crippen LogP contribution in [0.1, 0.15) is 15.9 Å². The normalized spacial score (nSPS) is 10.6. The SMILES string of the molecule is O=C(c1cnn(-c2ccccc2)c1)c1cccc(Br)c1F. The van der Waals surface area contributed by atoms with Crippen LogP contribution in [0.15, 0.2) is 65.4 Å². The van der Waals surface area contributed by atoms with Gasteiger partial charge in [0.05, 0.1) is 27.5 Å². The molecule has 0 saturated carbocycles. The largest absolute Gasteiger partial charge is 0.288 e. The Kier molecular flexibility index (Phi) is 3.66. The van der Waals surface area contributed by atoms with Crippen molar-refractivity contribution in [3.63, 3.8) is 0 Å². The van der Waals surface area contributed by atoms with E-state index in [0.717, 1.165) is 5.69 Å². The standard InChI is InChI=1S/C16H10BrFN2O/c17-14-8-4-7-13(15(14)18)16(21)11-9-19-20(10-11)12-5-2-1-3-6-12/h1-10H. The Hall–Kier alpha value is -2.27. The summed E-state index contributed by atoms with van der Waals surface area (Å²) in [5.74, 6) is -0.953. The molecule has 0 aliphatic heterocycles. The predicted octanol–water partition coefficient (Wildman–Crippen LogP) is 4.00. The highest BCUT2D eigenvalue weighted by molar-refractivity contribution is 9.10. The molecule has 0 aliphatic rings. The van der Waals surface area contributed by atoms with Crippen molar-refractivity contribution >= 4 is 21.7 Å². The van der Waals surface area contributed by atoms with Crippen molar-refractivity contribution in [2.45, 2.75) is 0 Å². The van der Waals surface area contributed by atoms with Crippen LogP contribution in [0.2, 0.25) is 0 Å². The Balaban J connectivity index is 1.97. The first-order valence-corrected chi connectivity index (χ1v) is 7.05. The summed E-state index contributed by atoms with van der Waals surface area (Å²) < 4.78 is 15.8. The second-order valence-corrected chi connectivity index (χ2v) is 5.29. The molecule has 104 valence electrons. The van der Waals surface area contributed by atoms with Crippen molar-refractivity contribution in [1.82, 2.24) is 9.78 Å². The van der Waals surface area contributed by atoms with Crippen molar-refractivity contribution in [2.24, 2.45) is 0 Å². The van der Waals surface area contributed by atoms with Crippen molar-refractivity contribution < 1.29 is 9.18 Å². The number of carbonyl (C=O) groups is 1. The molecule has 0 N–H and O–H groups in total. The van der Waals surface area contributed by atoms with Gasteiger partial charge in [-0.15, -0.1) is 0 Å². The molecule has 21 heavy (non-hydrogen) atoms. The Bertz CT molecular complexity index is 799. The maximum absolute atomic E-state index is 14.0. The molecule has 0 amide bonds. The van der Waals surface area contributed by atoms with E-state index < -0.39 is 11.6 Å². The molecule has 0 atom stereocenters. The Morgan fingerprint density at radius 1 is 1.10 bits per heavy atom. The fourth-order valence-corrected chi connectivity index (χ4v) is 2.36. The lowest BCUT2D eigenvalue weighted by molar-refractivity contribution is 0.103. The van der Waals surface area contributed by atoms with E-state index in [2.05, 4.69) is 21.0 Å². The summed E-state index contributed by atoms with van der Waals surface area (Å²) in [5.41, 5.74) is 1.21. The van der Waals surface area contributed by atoms with Crippen LogP contribution in [0, 0.1) is 5.82 Å². The van der Waals surface area contributed by atoms with Gasteiger partial charge in [-0.05, 0) is 40.2 Å². The topological polar surface area (TPSA) is 34.9 Å². The molecule has 1 aromatic heterocycles. The number of carbonyl (C=O) groups excluding carboxylic acids is 1. The predicted molar refractivity (Wildman–Crippen MR) is 81.1 cm³/mol. The zero-order valence-corrected chi connectivity index (χ0v) is 12.4. The van der Waals surface area contributed by atoms with Crippen LogP contribution < -0.4 is 0 Å². The molecule has 0 unspecified atom stereocenters. The Morgan fingerprint density at radius 3 is 2.62 bits per heavy atom. The Labute approximate surface area is 129 Å². The molecule has 0 radical (unpaired) electrons. The zero-order valence-electron chi connectivity index (χ0n) is 10.8. The minimum absolute atomic E-state index is 0.0250. The van der Waals surface area contributed by atoms with E-state index in [1.165, 1.54) is 12.3 Å². The zero-order chi connectivity index (χ0) is 14.8. The Morgan fingerprint density at radius 2 is 1.86 bits per heavy atom. The van der Waals surface area contributed by atoms with Crippen molar-refractivity contribution in [3.8, 4) is 5.69 Å². The minimum Gasteiger partial charge on any atom is -0.288 e.